The highest BCUT2D eigenvalue weighted by Crippen LogP contribution is 2.54. The van der Waals surface area contributed by atoms with Gasteiger partial charge in [-0.2, -0.15) is 0 Å². The van der Waals surface area contributed by atoms with Crippen LogP contribution in [0.1, 0.15) is 33.1 Å². The SMILES string of the molecule is CC(=O)C1C2CCCC(=O)C2C1(C)O. The molecule has 0 aliphatic heterocycles. The lowest BCUT2D eigenvalue weighted by Crippen LogP contribution is -2.66. The standard InChI is InChI=1S/C11H16O3/c1-6(12)9-7-4-3-5-8(13)10(7)11(9,2)14/h7,9-10,14H,3-5H2,1-2H3. The molecule has 2 fully saturated rings. The number of Topliss-reactive ketones (excluding diaryl/α,β-unsaturated/α-hetero) is 2. The van der Waals surface area contributed by atoms with E-state index < -0.39 is 5.60 Å². The molecule has 0 aromatic heterocycles. The van der Waals surface area contributed by atoms with Gasteiger partial charge in [-0.15, -0.1) is 0 Å². The first-order valence-electron chi connectivity index (χ1n) is 5.22. The predicted molar refractivity (Wildman–Crippen MR) is 50.6 cm³/mol. The monoisotopic (exact) mass is 196 g/mol. The van der Waals surface area contributed by atoms with Crippen LogP contribution in [0.4, 0.5) is 0 Å². The second kappa shape index (κ2) is 2.89. The van der Waals surface area contributed by atoms with Crippen LogP contribution >= 0.6 is 0 Å². The number of hydrogen-bond donors (Lipinski definition) is 1. The van der Waals surface area contributed by atoms with E-state index in [0.29, 0.717) is 6.42 Å². The van der Waals surface area contributed by atoms with E-state index in [9.17, 15) is 14.7 Å². The highest BCUT2D eigenvalue weighted by molar-refractivity contribution is 5.90. The van der Waals surface area contributed by atoms with Gasteiger partial charge in [0.05, 0.1) is 17.4 Å². The van der Waals surface area contributed by atoms with Crippen LogP contribution in [0.3, 0.4) is 0 Å². The summed E-state index contributed by atoms with van der Waals surface area (Å²) in [7, 11) is 0. The zero-order chi connectivity index (χ0) is 10.5. The Morgan fingerprint density at radius 3 is 2.79 bits per heavy atom. The van der Waals surface area contributed by atoms with E-state index in [4.69, 9.17) is 0 Å². The van der Waals surface area contributed by atoms with Crippen LogP contribution in [0.5, 0.6) is 0 Å². The molecule has 2 aliphatic carbocycles. The average molecular weight is 196 g/mol. The van der Waals surface area contributed by atoms with E-state index in [1.807, 2.05) is 0 Å². The lowest BCUT2D eigenvalue weighted by molar-refractivity contribution is -0.199. The molecule has 0 aromatic carbocycles. The molecule has 0 radical (unpaired) electrons. The second-order valence-electron chi connectivity index (χ2n) is 4.81. The quantitative estimate of drug-likeness (QED) is 0.679. The van der Waals surface area contributed by atoms with E-state index in [-0.39, 0.29) is 29.3 Å². The van der Waals surface area contributed by atoms with Gasteiger partial charge in [0.2, 0.25) is 0 Å². The Labute approximate surface area is 83.5 Å². The molecule has 4 atom stereocenters. The number of rotatable bonds is 1. The van der Waals surface area contributed by atoms with Gasteiger partial charge in [0, 0.05) is 6.42 Å². The van der Waals surface area contributed by atoms with E-state index in [1.54, 1.807) is 6.92 Å². The number of fused-ring (bicyclic) bond motifs is 1. The van der Waals surface area contributed by atoms with Crippen molar-refractivity contribution in [1.29, 1.82) is 0 Å². The van der Waals surface area contributed by atoms with Gasteiger partial charge in [-0.1, -0.05) is 0 Å². The predicted octanol–water partition coefficient (Wildman–Crippen LogP) is 0.942. The van der Waals surface area contributed by atoms with Crippen molar-refractivity contribution in [3.8, 4) is 0 Å². The first-order chi connectivity index (χ1) is 6.46. The van der Waals surface area contributed by atoms with Gasteiger partial charge < -0.3 is 5.11 Å². The molecule has 0 heterocycles. The van der Waals surface area contributed by atoms with Crippen molar-refractivity contribution in [3.05, 3.63) is 0 Å². The first kappa shape index (κ1) is 9.84. The van der Waals surface area contributed by atoms with Crippen molar-refractivity contribution in [1.82, 2.24) is 0 Å². The molecule has 0 bridgehead atoms. The smallest absolute Gasteiger partial charge is 0.139 e. The average Bonchev–Trinajstić information content (AvgIpc) is 2.00. The Morgan fingerprint density at radius 2 is 2.21 bits per heavy atom. The molecule has 2 aliphatic rings. The topological polar surface area (TPSA) is 54.4 Å². The van der Waals surface area contributed by atoms with Crippen molar-refractivity contribution in [2.75, 3.05) is 0 Å². The van der Waals surface area contributed by atoms with Crippen LogP contribution in [0.15, 0.2) is 0 Å². The Balaban J connectivity index is 2.25. The Hall–Kier alpha value is -0.700. The zero-order valence-corrected chi connectivity index (χ0v) is 8.62. The van der Waals surface area contributed by atoms with Crippen LogP contribution in [-0.4, -0.2) is 22.3 Å². The van der Waals surface area contributed by atoms with Crippen molar-refractivity contribution < 1.29 is 14.7 Å². The van der Waals surface area contributed by atoms with Crippen LogP contribution in [-0.2, 0) is 9.59 Å². The van der Waals surface area contributed by atoms with Crippen molar-refractivity contribution in [2.45, 2.75) is 38.7 Å². The summed E-state index contributed by atoms with van der Waals surface area (Å²) >= 11 is 0. The first-order valence-corrected chi connectivity index (χ1v) is 5.22. The lowest BCUT2D eigenvalue weighted by atomic mass is 9.48. The van der Waals surface area contributed by atoms with E-state index in [1.165, 1.54) is 6.92 Å². The maximum Gasteiger partial charge on any atom is 0.139 e. The molecular weight excluding hydrogens is 180 g/mol. The van der Waals surface area contributed by atoms with Gasteiger partial charge in [-0.3, -0.25) is 9.59 Å². The number of hydrogen-bond acceptors (Lipinski definition) is 3. The fourth-order valence-electron chi connectivity index (χ4n) is 3.41. The zero-order valence-electron chi connectivity index (χ0n) is 8.62. The Bertz CT molecular complexity index is 285. The maximum atomic E-state index is 11.6. The number of aliphatic hydroxyl groups is 1. The number of carbonyl (C=O) groups excluding carboxylic acids is 2. The Morgan fingerprint density at radius 1 is 1.57 bits per heavy atom. The molecular formula is C11H16O3. The van der Waals surface area contributed by atoms with Gasteiger partial charge in [0.25, 0.3) is 0 Å². The Kier molecular flexibility index (Phi) is 2.03. The lowest BCUT2D eigenvalue weighted by Gasteiger charge is -2.57. The molecule has 3 heteroatoms. The van der Waals surface area contributed by atoms with Gasteiger partial charge in [0.1, 0.15) is 11.6 Å². The molecule has 1 N–H and O–H groups in total. The summed E-state index contributed by atoms with van der Waals surface area (Å²) in [4.78, 5) is 22.9. The third kappa shape index (κ3) is 1.08. The van der Waals surface area contributed by atoms with Gasteiger partial charge in [-0.05, 0) is 32.6 Å². The third-order valence-electron chi connectivity index (χ3n) is 3.86. The van der Waals surface area contributed by atoms with Gasteiger partial charge in [-0.25, -0.2) is 0 Å². The normalized spacial score (nSPS) is 46.8. The fourth-order valence-corrected chi connectivity index (χ4v) is 3.41. The molecule has 0 aromatic rings. The van der Waals surface area contributed by atoms with Crippen LogP contribution in [0.2, 0.25) is 0 Å². The summed E-state index contributed by atoms with van der Waals surface area (Å²) in [6.07, 6.45) is 2.36. The summed E-state index contributed by atoms with van der Waals surface area (Å²) in [5.41, 5.74) is -1.08. The highest BCUT2D eigenvalue weighted by Gasteiger charge is 2.63. The van der Waals surface area contributed by atoms with Gasteiger partial charge in [0.15, 0.2) is 0 Å². The van der Waals surface area contributed by atoms with Crippen LogP contribution < -0.4 is 0 Å². The van der Waals surface area contributed by atoms with Crippen molar-refractivity contribution >= 4 is 11.6 Å². The number of carbonyl (C=O) groups is 2. The van der Waals surface area contributed by atoms with E-state index in [2.05, 4.69) is 0 Å². The summed E-state index contributed by atoms with van der Waals surface area (Å²) in [5.74, 6) is -0.305. The number of ketones is 2. The molecule has 2 rings (SSSR count). The third-order valence-corrected chi connectivity index (χ3v) is 3.86. The molecule has 78 valence electrons. The molecule has 0 amide bonds. The molecule has 3 nitrogen and oxygen atoms in total. The van der Waals surface area contributed by atoms with E-state index in [0.717, 1.165) is 12.8 Å². The van der Waals surface area contributed by atoms with Crippen molar-refractivity contribution in [2.24, 2.45) is 17.8 Å². The molecule has 2 saturated carbocycles. The molecule has 0 spiro atoms. The molecule has 4 unspecified atom stereocenters. The minimum Gasteiger partial charge on any atom is -0.389 e. The summed E-state index contributed by atoms with van der Waals surface area (Å²) in [5, 5.41) is 10.1. The minimum atomic E-state index is -1.08. The maximum absolute atomic E-state index is 11.6. The summed E-state index contributed by atoms with van der Waals surface area (Å²) in [6, 6.07) is 0. The minimum absolute atomic E-state index is 0.0194. The fraction of sp³-hybridized carbons (Fsp3) is 0.818. The van der Waals surface area contributed by atoms with Gasteiger partial charge >= 0.3 is 0 Å². The van der Waals surface area contributed by atoms with E-state index >= 15 is 0 Å². The molecule has 0 saturated heterocycles. The van der Waals surface area contributed by atoms with Crippen LogP contribution in [0.25, 0.3) is 0 Å². The largest absolute Gasteiger partial charge is 0.389 e. The van der Waals surface area contributed by atoms with Crippen LogP contribution in [0, 0.1) is 17.8 Å². The molecule has 14 heavy (non-hydrogen) atoms. The summed E-state index contributed by atoms with van der Waals surface area (Å²) < 4.78 is 0. The highest BCUT2D eigenvalue weighted by atomic mass is 16.3. The second-order valence-corrected chi connectivity index (χ2v) is 4.81. The van der Waals surface area contributed by atoms with Crippen molar-refractivity contribution in [3.63, 3.8) is 0 Å². The summed E-state index contributed by atoms with van der Waals surface area (Å²) in [6.45, 7) is 3.14.